The summed E-state index contributed by atoms with van der Waals surface area (Å²) in [5, 5.41) is 11.6. The summed E-state index contributed by atoms with van der Waals surface area (Å²) in [5.41, 5.74) is 1.16. The van der Waals surface area contributed by atoms with E-state index in [4.69, 9.17) is 4.74 Å². The average molecular weight is 426 g/mol. The maximum Gasteiger partial charge on any atom is 0.412 e. The van der Waals surface area contributed by atoms with E-state index in [1.165, 1.54) is 6.07 Å². The zero-order chi connectivity index (χ0) is 22.4. The highest BCUT2D eigenvalue weighted by Gasteiger charge is 2.31. The van der Waals surface area contributed by atoms with Crippen LogP contribution >= 0.6 is 0 Å². The van der Waals surface area contributed by atoms with Gasteiger partial charge in [0.1, 0.15) is 18.1 Å². The van der Waals surface area contributed by atoms with E-state index in [2.05, 4.69) is 24.2 Å². The standard InChI is InChI=1S/C24H27FN2O4/c1-24(10-12-27(2)13-11-24)19-9-8-18(20(25)15-19)14-21(22(28)29)26-23(30)31-16-17-6-4-3-5-7-17/h3-9,14-15H,10-13,16H2,1-2H3,(H,26,30)(H,28,29)/b21-14-. The van der Waals surface area contributed by atoms with Crippen LogP contribution in [0.1, 0.15) is 36.5 Å². The summed E-state index contributed by atoms with van der Waals surface area (Å²) in [5.74, 6) is -1.92. The van der Waals surface area contributed by atoms with Crippen LogP contribution in [0.15, 0.2) is 54.2 Å². The van der Waals surface area contributed by atoms with Crippen molar-refractivity contribution in [3.8, 4) is 0 Å². The molecule has 7 heteroatoms. The topological polar surface area (TPSA) is 78.9 Å². The number of carbonyl (C=O) groups is 2. The van der Waals surface area contributed by atoms with Gasteiger partial charge < -0.3 is 14.7 Å². The van der Waals surface area contributed by atoms with Crippen molar-refractivity contribution in [2.24, 2.45) is 0 Å². The molecule has 164 valence electrons. The van der Waals surface area contributed by atoms with Gasteiger partial charge in [0.15, 0.2) is 0 Å². The molecule has 2 aromatic carbocycles. The number of aliphatic carboxylic acids is 1. The first kappa shape index (κ1) is 22.5. The van der Waals surface area contributed by atoms with Crippen LogP contribution in [0, 0.1) is 5.82 Å². The van der Waals surface area contributed by atoms with Gasteiger partial charge in [-0.05, 0) is 61.7 Å². The number of amides is 1. The van der Waals surface area contributed by atoms with Crippen LogP contribution in [0.25, 0.3) is 6.08 Å². The molecular weight excluding hydrogens is 399 g/mol. The Bertz CT molecular complexity index is 967. The first-order valence-electron chi connectivity index (χ1n) is 10.2. The summed E-state index contributed by atoms with van der Waals surface area (Å²) in [6.07, 6.45) is 2.02. The van der Waals surface area contributed by atoms with Crippen LogP contribution in [0.3, 0.4) is 0 Å². The Morgan fingerprint density at radius 3 is 2.48 bits per heavy atom. The van der Waals surface area contributed by atoms with Crippen molar-refractivity contribution in [3.05, 3.63) is 76.7 Å². The maximum absolute atomic E-state index is 14.8. The van der Waals surface area contributed by atoms with Crippen LogP contribution in [0.5, 0.6) is 0 Å². The molecule has 1 aliphatic rings. The molecule has 0 radical (unpaired) electrons. The quantitative estimate of drug-likeness (QED) is 0.678. The Morgan fingerprint density at radius 2 is 1.87 bits per heavy atom. The molecule has 0 aromatic heterocycles. The molecule has 0 bridgehead atoms. The first-order valence-corrected chi connectivity index (χ1v) is 10.2. The molecule has 1 fully saturated rings. The zero-order valence-electron chi connectivity index (χ0n) is 17.7. The molecule has 0 spiro atoms. The number of hydrogen-bond donors (Lipinski definition) is 2. The maximum atomic E-state index is 14.8. The second kappa shape index (κ2) is 9.75. The molecule has 2 N–H and O–H groups in total. The monoisotopic (exact) mass is 426 g/mol. The minimum absolute atomic E-state index is 0.00357. The molecule has 3 rings (SSSR count). The Morgan fingerprint density at radius 1 is 1.19 bits per heavy atom. The Kier molecular flexibility index (Phi) is 7.07. The number of carboxylic acid groups (broad SMARTS) is 1. The Balaban J connectivity index is 1.71. The Labute approximate surface area is 181 Å². The SMILES string of the molecule is CN1CCC(C)(c2ccc(/C=C(\NC(=O)OCc3ccccc3)C(=O)O)c(F)c2)CC1. The minimum atomic E-state index is -1.39. The van der Waals surface area contributed by atoms with Crippen LogP contribution < -0.4 is 5.32 Å². The third-order valence-corrected chi connectivity index (χ3v) is 5.77. The highest BCUT2D eigenvalue weighted by molar-refractivity contribution is 5.95. The average Bonchev–Trinajstić information content (AvgIpc) is 2.76. The summed E-state index contributed by atoms with van der Waals surface area (Å²) >= 11 is 0. The number of rotatable bonds is 6. The van der Waals surface area contributed by atoms with Gasteiger partial charge in [-0.3, -0.25) is 5.32 Å². The van der Waals surface area contributed by atoms with E-state index in [1.807, 2.05) is 12.1 Å². The number of likely N-dealkylation sites (tertiary alicyclic amines) is 1. The molecule has 2 aromatic rings. The molecule has 0 aliphatic carbocycles. The molecule has 31 heavy (non-hydrogen) atoms. The van der Waals surface area contributed by atoms with Crippen molar-refractivity contribution in [3.63, 3.8) is 0 Å². The second-order valence-electron chi connectivity index (χ2n) is 8.15. The van der Waals surface area contributed by atoms with Gasteiger partial charge in [-0.15, -0.1) is 0 Å². The number of ether oxygens (including phenoxy) is 1. The summed E-state index contributed by atoms with van der Waals surface area (Å²) in [6, 6.07) is 13.8. The van der Waals surface area contributed by atoms with E-state index in [-0.39, 0.29) is 17.6 Å². The predicted octanol–water partition coefficient (Wildman–Crippen LogP) is 4.16. The number of carbonyl (C=O) groups excluding carboxylic acids is 1. The lowest BCUT2D eigenvalue weighted by molar-refractivity contribution is -0.132. The van der Waals surface area contributed by atoms with Crippen molar-refractivity contribution in [2.75, 3.05) is 20.1 Å². The third-order valence-electron chi connectivity index (χ3n) is 5.77. The van der Waals surface area contributed by atoms with Crippen LogP contribution in [-0.4, -0.2) is 42.2 Å². The molecule has 1 amide bonds. The van der Waals surface area contributed by atoms with E-state index < -0.39 is 23.6 Å². The lowest BCUT2D eigenvalue weighted by Crippen LogP contribution is -2.38. The van der Waals surface area contributed by atoms with E-state index >= 15 is 0 Å². The fraction of sp³-hybridized carbons (Fsp3) is 0.333. The van der Waals surface area contributed by atoms with Gasteiger partial charge in [-0.1, -0.05) is 49.4 Å². The van der Waals surface area contributed by atoms with Gasteiger partial charge in [-0.2, -0.15) is 0 Å². The van der Waals surface area contributed by atoms with Crippen LogP contribution in [-0.2, 0) is 21.6 Å². The van der Waals surface area contributed by atoms with Crippen molar-refractivity contribution in [1.82, 2.24) is 10.2 Å². The van der Waals surface area contributed by atoms with E-state index in [0.29, 0.717) is 0 Å². The number of piperidine rings is 1. The third kappa shape index (κ3) is 5.92. The van der Waals surface area contributed by atoms with E-state index in [0.717, 1.165) is 43.1 Å². The summed E-state index contributed by atoms with van der Waals surface area (Å²) in [4.78, 5) is 25.8. The molecular formula is C24H27FN2O4. The van der Waals surface area contributed by atoms with Gasteiger partial charge in [0.05, 0.1) is 0 Å². The molecule has 0 unspecified atom stereocenters. The molecule has 1 saturated heterocycles. The number of nitrogens with one attached hydrogen (secondary N) is 1. The lowest BCUT2D eigenvalue weighted by atomic mass is 9.74. The normalized spacial score (nSPS) is 16.5. The Hall–Kier alpha value is -3.19. The summed E-state index contributed by atoms with van der Waals surface area (Å²) in [7, 11) is 2.07. The highest BCUT2D eigenvalue weighted by atomic mass is 19.1. The largest absolute Gasteiger partial charge is 0.477 e. The van der Waals surface area contributed by atoms with Gasteiger partial charge in [0.25, 0.3) is 0 Å². The minimum Gasteiger partial charge on any atom is -0.477 e. The number of hydrogen-bond acceptors (Lipinski definition) is 4. The molecule has 1 heterocycles. The van der Waals surface area contributed by atoms with Crippen molar-refractivity contribution < 1.29 is 23.8 Å². The van der Waals surface area contributed by atoms with Crippen molar-refractivity contribution >= 4 is 18.1 Å². The van der Waals surface area contributed by atoms with Crippen molar-refractivity contribution in [2.45, 2.75) is 31.8 Å². The number of nitrogens with zero attached hydrogens (tertiary/aromatic N) is 1. The van der Waals surface area contributed by atoms with Gasteiger partial charge in [0, 0.05) is 5.56 Å². The molecule has 0 atom stereocenters. The van der Waals surface area contributed by atoms with Crippen molar-refractivity contribution in [1.29, 1.82) is 0 Å². The molecule has 0 saturated carbocycles. The number of carboxylic acids is 1. The first-order chi connectivity index (χ1) is 14.8. The van der Waals surface area contributed by atoms with Crippen LogP contribution in [0.4, 0.5) is 9.18 Å². The number of benzene rings is 2. The number of halogens is 1. The lowest BCUT2D eigenvalue weighted by Gasteiger charge is -2.38. The predicted molar refractivity (Wildman–Crippen MR) is 116 cm³/mol. The highest BCUT2D eigenvalue weighted by Crippen LogP contribution is 2.35. The fourth-order valence-electron chi connectivity index (χ4n) is 3.60. The van der Waals surface area contributed by atoms with Gasteiger partial charge in [-0.25, -0.2) is 14.0 Å². The smallest absolute Gasteiger partial charge is 0.412 e. The summed E-state index contributed by atoms with van der Waals surface area (Å²) < 4.78 is 19.8. The molecule has 6 nitrogen and oxygen atoms in total. The second-order valence-corrected chi connectivity index (χ2v) is 8.15. The van der Waals surface area contributed by atoms with Gasteiger partial charge >= 0.3 is 12.1 Å². The fourth-order valence-corrected chi connectivity index (χ4v) is 3.60. The van der Waals surface area contributed by atoms with E-state index in [1.54, 1.807) is 30.3 Å². The summed E-state index contributed by atoms with van der Waals surface area (Å²) in [6.45, 7) is 4.00. The number of alkyl carbamates (subject to hydrolysis) is 1. The van der Waals surface area contributed by atoms with Gasteiger partial charge in [0.2, 0.25) is 0 Å². The van der Waals surface area contributed by atoms with E-state index in [9.17, 15) is 19.1 Å². The van der Waals surface area contributed by atoms with Crippen LogP contribution in [0.2, 0.25) is 0 Å². The molecule has 1 aliphatic heterocycles. The zero-order valence-corrected chi connectivity index (χ0v) is 17.7.